The Hall–Kier alpha value is -2.24. The molecule has 1 aromatic carbocycles. The first-order valence-electron chi connectivity index (χ1n) is 7.93. The van der Waals surface area contributed by atoms with Gasteiger partial charge in [0.15, 0.2) is 0 Å². The molecule has 0 saturated carbocycles. The summed E-state index contributed by atoms with van der Waals surface area (Å²) in [6.45, 7) is 5.19. The number of piperidine rings is 1. The number of methoxy groups -OCH3 is 1. The van der Waals surface area contributed by atoms with Gasteiger partial charge in [-0.15, -0.1) is 0 Å². The van der Waals surface area contributed by atoms with Gasteiger partial charge in [-0.3, -0.25) is 9.59 Å². The maximum atomic E-state index is 12.1. The van der Waals surface area contributed by atoms with Crippen molar-refractivity contribution in [3.63, 3.8) is 0 Å². The van der Waals surface area contributed by atoms with Gasteiger partial charge in [0.25, 0.3) is 0 Å². The Balaban J connectivity index is 1.80. The Bertz CT molecular complexity index is 566. The van der Waals surface area contributed by atoms with E-state index in [4.69, 9.17) is 4.74 Å². The Morgan fingerprint density at radius 3 is 2.61 bits per heavy atom. The summed E-state index contributed by atoms with van der Waals surface area (Å²) < 4.78 is 5.29. The van der Waals surface area contributed by atoms with Crippen LogP contribution in [0, 0.1) is 6.92 Å². The molecule has 0 bridgehead atoms. The first-order chi connectivity index (χ1) is 11.0. The van der Waals surface area contributed by atoms with Crippen LogP contribution >= 0.6 is 0 Å². The van der Waals surface area contributed by atoms with Crippen LogP contribution in [0.3, 0.4) is 0 Å². The fourth-order valence-corrected chi connectivity index (χ4v) is 2.75. The Morgan fingerprint density at radius 1 is 1.30 bits per heavy atom. The molecule has 0 unspecified atom stereocenters. The molecule has 0 aromatic heterocycles. The lowest BCUT2D eigenvalue weighted by atomic mass is 10.1. The van der Waals surface area contributed by atoms with Gasteiger partial charge < -0.3 is 20.3 Å². The number of benzene rings is 1. The van der Waals surface area contributed by atoms with Crippen LogP contribution in [0.4, 0.5) is 5.69 Å². The standard InChI is InChI=1S/C17H25N3O3/c1-12-4-5-16(23-3)15(10-12)18-11-17(22)19-14-6-8-20(9-7-14)13(2)21/h4-5,10,14,18H,6-9,11H2,1-3H3,(H,19,22). The van der Waals surface area contributed by atoms with Crippen LogP contribution in [-0.2, 0) is 9.59 Å². The fraction of sp³-hybridized carbons (Fsp3) is 0.529. The van der Waals surface area contributed by atoms with Crippen molar-refractivity contribution in [3.8, 4) is 5.75 Å². The van der Waals surface area contributed by atoms with E-state index in [1.54, 1.807) is 14.0 Å². The Morgan fingerprint density at radius 2 is 2.00 bits per heavy atom. The molecule has 0 radical (unpaired) electrons. The number of hydrogen-bond donors (Lipinski definition) is 2. The highest BCUT2D eigenvalue weighted by Gasteiger charge is 2.21. The third kappa shape index (κ3) is 4.87. The summed E-state index contributed by atoms with van der Waals surface area (Å²) in [5.41, 5.74) is 1.92. The highest BCUT2D eigenvalue weighted by molar-refractivity contribution is 5.81. The summed E-state index contributed by atoms with van der Waals surface area (Å²) in [6, 6.07) is 5.94. The average molecular weight is 319 g/mol. The molecular formula is C17H25N3O3. The third-order valence-electron chi connectivity index (χ3n) is 4.10. The number of likely N-dealkylation sites (tertiary alicyclic amines) is 1. The highest BCUT2D eigenvalue weighted by atomic mass is 16.5. The molecule has 1 aliphatic heterocycles. The number of amides is 2. The summed E-state index contributed by atoms with van der Waals surface area (Å²) in [7, 11) is 1.61. The van der Waals surface area contributed by atoms with Crippen LogP contribution in [0.25, 0.3) is 0 Å². The molecule has 6 heteroatoms. The molecule has 0 spiro atoms. The van der Waals surface area contributed by atoms with E-state index < -0.39 is 0 Å². The van der Waals surface area contributed by atoms with Gasteiger partial charge in [-0.05, 0) is 37.5 Å². The van der Waals surface area contributed by atoms with E-state index in [9.17, 15) is 9.59 Å². The number of hydrogen-bond acceptors (Lipinski definition) is 4. The number of rotatable bonds is 5. The van der Waals surface area contributed by atoms with Crippen LogP contribution < -0.4 is 15.4 Å². The second-order valence-electron chi connectivity index (χ2n) is 5.91. The van der Waals surface area contributed by atoms with Gasteiger partial charge in [0, 0.05) is 26.1 Å². The van der Waals surface area contributed by atoms with E-state index in [1.165, 1.54) is 0 Å². The maximum absolute atomic E-state index is 12.1. The second kappa shape index (κ2) is 7.85. The number of nitrogens with one attached hydrogen (secondary N) is 2. The van der Waals surface area contributed by atoms with Crippen LogP contribution in [0.2, 0.25) is 0 Å². The number of aryl methyl sites for hydroxylation is 1. The number of carbonyl (C=O) groups excluding carboxylic acids is 2. The van der Waals surface area contributed by atoms with E-state index in [0.717, 1.165) is 29.8 Å². The van der Waals surface area contributed by atoms with Crippen molar-refractivity contribution < 1.29 is 14.3 Å². The van der Waals surface area contributed by atoms with Crippen molar-refractivity contribution in [1.29, 1.82) is 0 Å². The Kier molecular flexibility index (Phi) is 5.84. The predicted octanol–water partition coefficient (Wildman–Crippen LogP) is 1.54. The third-order valence-corrected chi connectivity index (χ3v) is 4.10. The molecule has 23 heavy (non-hydrogen) atoms. The van der Waals surface area contributed by atoms with E-state index in [2.05, 4.69) is 10.6 Å². The topological polar surface area (TPSA) is 70.7 Å². The summed E-state index contributed by atoms with van der Waals surface area (Å²) >= 11 is 0. The fourth-order valence-electron chi connectivity index (χ4n) is 2.75. The molecule has 126 valence electrons. The normalized spacial score (nSPS) is 15.2. The predicted molar refractivity (Wildman–Crippen MR) is 89.6 cm³/mol. The first kappa shape index (κ1) is 17.1. The lowest BCUT2D eigenvalue weighted by Gasteiger charge is -2.31. The van der Waals surface area contributed by atoms with E-state index in [1.807, 2.05) is 30.0 Å². The lowest BCUT2D eigenvalue weighted by molar-refractivity contribution is -0.130. The number of nitrogens with zero attached hydrogens (tertiary/aromatic N) is 1. The molecular weight excluding hydrogens is 294 g/mol. The van der Waals surface area contributed by atoms with Gasteiger partial charge in [0.2, 0.25) is 11.8 Å². The zero-order valence-electron chi connectivity index (χ0n) is 14.0. The van der Waals surface area contributed by atoms with Gasteiger partial charge in [-0.25, -0.2) is 0 Å². The van der Waals surface area contributed by atoms with Gasteiger partial charge in [0.05, 0.1) is 19.3 Å². The van der Waals surface area contributed by atoms with Gasteiger partial charge >= 0.3 is 0 Å². The van der Waals surface area contributed by atoms with E-state index >= 15 is 0 Å². The van der Waals surface area contributed by atoms with Crippen molar-refractivity contribution in [2.24, 2.45) is 0 Å². The van der Waals surface area contributed by atoms with Crippen molar-refractivity contribution in [2.75, 3.05) is 32.1 Å². The minimum atomic E-state index is -0.0464. The molecule has 0 atom stereocenters. The molecule has 0 aliphatic carbocycles. The van der Waals surface area contributed by atoms with Crippen LogP contribution in [-0.4, -0.2) is 49.5 Å². The summed E-state index contributed by atoms with van der Waals surface area (Å²) in [4.78, 5) is 25.2. The monoisotopic (exact) mass is 319 g/mol. The summed E-state index contributed by atoms with van der Waals surface area (Å²) in [5, 5.41) is 6.14. The molecule has 1 heterocycles. The van der Waals surface area contributed by atoms with Crippen LogP contribution in [0.5, 0.6) is 5.75 Å². The molecule has 1 fully saturated rings. The number of carbonyl (C=O) groups is 2. The molecule has 6 nitrogen and oxygen atoms in total. The second-order valence-corrected chi connectivity index (χ2v) is 5.91. The van der Waals surface area contributed by atoms with Crippen molar-refractivity contribution in [3.05, 3.63) is 23.8 Å². The van der Waals surface area contributed by atoms with Crippen molar-refractivity contribution in [1.82, 2.24) is 10.2 Å². The van der Waals surface area contributed by atoms with Crippen LogP contribution in [0.15, 0.2) is 18.2 Å². The van der Waals surface area contributed by atoms with Crippen molar-refractivity contribution in [2.45, 2.75) is 32.7 Å². The summed E-state index contributed by atoms with van der Waals surface area (Å²) in [5.74, 6) is 0.774. The van der Waals surface area contributed by atoms with Gasteiger partial charge in [-0.1, -0.05) is 6.07 Å². The minimum Gasteiger partial charge on any atom is -0.495 e. The number of anilines is 1. The quantitative estimate of drug-likeness (QED) is 0.864. The molecule has 1 saturated heterocycles. The smallest absolute Gasteiger partial charge is 0.239 e. The van der Waals surface area contributed by atoms with Crippen molar-refractivity contribution >= 4 is 17.5 Å². The van der Waals surface area contributed by atoms with E-state index in [0.29, 0.717) is 13.1 Å². The molecule has 1 aliphatic rings. The lowest BCUT2D eigenvalue weighted by Crippen LogP contribution is -2.47. The minimum absolute atomic E-state index is 0.0464. The largest absolute Gasteiger partial charge is 0.495 e. The van der Waals surface area contributed by atoms with Gasteiger partial charge in [0.1, 0.15) is 5.75 Å². The number of ether oxygens (including phenoxy) is 1. The SMILES string of the molecule is COc1ccc(C)cc1NCC(=O)NC1CCN(C(C)=O)CC1. The molecule has 2 amide bonds. The highest BCUT2D eigenvalue weighted by Crippen LogP contribution is 2.24. The van der Waals surface area contributed by atoms with Gasteiger partial charge in [-0.2, -0.15) is 0 Å². The zero-order chi connectivity index (χ0) is 16.8. The molecule has 2 rings (SSSR count). The van der Waals surface area contributed by atoms with Crippen LogP contribution in [0.1, 0.15) is 25.3 Å². The Labute approximate surface area is 137 Å². The van der Waals surface area contributed by atoms with E-state index in [-0.39, 0.29) is 24.4 Å². The first-order valence-corrected chi connectivity index (χ1v) is 7.93. The molecule has 1 aromatic rings. The average Bonchev–Trinajstić information content (AvgIpc) is 2.53. The summed E-state index contributed by atoms with van der Waals surface area (Å²) in [6.07, 6.45) is 1.61. The molecule has 2 N–H and O–H groups in total. The zero-order valence-corrected chi connectivity index (χ0v) is 14.0. The maximum Gasteiger partial charge on any atom is 0.239 e.